The van der Waals surface area contributed by atoms with Gasteiger partial charge in [0, 0.05) is 24.1 Å². The van der Waals surface area contributed by atoms with Crippen molar-refractivity contribution in [2.45, 2.75) is 13.0 Å². The van der Waals surface area contributed by atoms with Gasteiger partial charge < -0.3 is 5.32 Å². The molecule has 2 nitrogen and oxygen atoms in total. The summed E-state index contributed by atoms with van der Waals surface area (Å²) in [7, 11) is 0. The largest absolute Gasteiger partial charge is 0.378 e. The van der Waals surface area contributed by atoms with Gasteiger partial charge in [-0.05, 0) is 42.8 Å². The lowest BCUT2D eigenvalue weighted by molar-refractivity contribution is 0.628. The zero-order valence-corrected chi connectivity index (χ0v) is 10.1. The number of anilines is 1. The highest BCUT2D eigenvalue weighted by atomic mass is 35.5. The number of aromatic nitrogens is 1. The molecule has 0 saturated carbocycles. The van der Waals surface area contributed by atoms with E-state index in [2.05, 4.69) is 10.3 Å². The lowest BCUT2D eigenvalue weighted by Gasteiger charge is -2.15. The van der Waals surface area contributed by atoms with E-state index in [0.29, 0.717) is 5.69 Å². The van der Waals surface area contributed by atoms with Gasteiger partial charge in [-0.15, -0.1) is 0 Å². The van der Waals surface area contributed by atoms with Crippen molar-refractivity contribution in [2.24, 2.45) is 0 Å². The van der Waals surface area contributed by atoms with Crippen LogP contribution in [0, 0.1) is 5.82 Å². The summed E-state index contributed by atoms with van der Waals surface area (Å²) in [5, 5.41) is 3.33. The molecule has 0 fully saturated rings. The molecule has 88 valence electrons. The maximum atomic E-state index is 13.3. The van der Waals surface area contributed by atoms with Crippen molar-refractivity contribution in [1.82, 2.24) is 4.98 Å². The average Bonchev–Trinajstić information content (AvgIpc) is 2.35. The number of halogens is 2. The average molecular weight is 251 g/mol. The Morgan fingerprint density at radius 1 is 1.24 bits per heavy atom. The summed E-state index contributed by atoms with van der Waals surface area (Å²) in [6.07, 6.45) is 3.46. The maximum absolute atomic E-state index is 13.3. The van der Waals surface area contributed by atoms with Gasteiger partial charge in [0.25, 0.3) is 0 Å². The van der Waals surface area contributed by atoms with Gasteiger partial charge >= 0.3 is 0 Å². The second kappa shape index (κ2) is 5.15. The highest BCUT2D eigenvalue weighted by Crippen LogP contribution is 2.22. The standard InChI is InChI=1S/C13H12ClFN2/c1-9(10-4-6-16-7-5-10)17-11-2-3-12(14)13(15)8-11/h2-9,17H,1H3. The van der Waals surface area contributed by atoms with Crippen LogP contribution in [0.25, 0.3) is 0 Å². The molecule has 1 atom stereocenters. The zero-order chi connectivity index (χ0) is 12.3. The summed E-state index contributed by atoms with van der Waals surface area (Å²) in [6.45, 7) is 2.00. The van der Waals surface area contributed by atoms with E-state index in [0.717, 1.165) is 5.56 Å². The van der Waals surface area contributed by atoms with Crippen molar-refractivity contribution < 1.29 is 4.39 Å². The van der Waals surface area contributed by atoms with Crippen LogP contribution in [-0.4, -0.2) is 4.98 Å². The Kier molecular flexibility index (Phi) is 3.59. The van der Waals surface area contributed by atoms with Crippen molar-refractivity contribution in [3.63, 3.8) is 0 Å². The van der Waals surface area contributed by atoms with Crippen LogP contribution < -0.4 is 5.32 Å². The first-order valence-electron chi connectivity index (χ1n) is 5.28. The minimum absolute atomic E-state index is 0.0820. The molecule has 0 bridgehead atoms. The van der Waals surface area contributed by atoms with Gasteiger partial charge in [0.05, 0.1) is 5.02 Å². The molecule has 2 aromatic rings. The van der Waals surface area contributed by atoms with Crippen LogP contribution in [0.2, 0.25) is 5.02 Å². The summed E-state index contributed by atoms with van der Waals surface area (Å²) in [4.78, 5) is 3.96. The number of rotatable bonds is 3. The van der Waals surface area contributed by atoms with E-state index in [9.17, 15) is 4.39 Å². The minimum Gasteiger partial charge on any atom is -0.378 e. The van der Waals surface area contributed by atoms with Crippen molar-refractivity contribution in [1.29, 1.82) is 0 Å². The number of benzene rings is 1. The summed E-state index contributed by atoms with van der Waals surface area (Å²) in [6, 6.07) is 8.61. The maximum Gasteiger partial charge on any atom is 0.143 e. The predicted molar refractivity (Wildman–Crippen MR) is 67.7 cm³/mol. The van der Waals surface area contributed by atoms with E-state index in [-0.39, 0.29) is 11.1 Å². The molecule has 2 rings (SSSR count). The molecule has 0 aliphatic carbocycles. The molecule has 0 amide bonds. The van der Waals surface area contributed by atoms with E-state index in [1.807, 2.05) is 19.1 Å². The highest BCUT2D eigenvalue weighted by molar-refractivity contribution is 6.30. The lowest BCUT2D eigenvalue weighted by Crippen LogP contribution is -2.06. The molecule has 1 unspecified atom stereocenters. The van der Waals surface area contributed by atoms with Gasteiger partial charge in [-0.3, -0.25) is 4.98 Å². The van der Waals surface area contributed by atoms with Gasteiger partial charge in [0.1, 0.15) is 5.82 Å². The van der Waals surface area contributed by atoms with E-state index < -0.39 is 5.82 Å². The summed E-state index contributed by atoms with van der Waals surface area (Å²) >= 11 is 5.62. The summed E-state index contributed by atoms with van der Waals surface area (Å²) in [5.41, 5.74) is 1.80. The molecule has 0 aliphatic heterocycles. The molecule has 17 heavy (non-hydrogen) atoms. The summed E-state index contributed by atoms with van der Waals surface area (Å²) < 4.78 is 13.3. The first-order valence-corrected chi connectivity index (χ1v) is 5.66. The summed E-state index contributed by atoms with van der Waals surface area (Å²) in [5.74, 6) is -0.418. The third kappa shape index (κ3) is 2.94. The first-order chi connectivity index (χ1) is 8.16. The van der Waals surface area contributed by atoms with Crippen LogP contribution in [-0.2, 0) is 0 Å². The van der Waals surface area contributed by atoms with Crippen molar-refractivity contribution in [2.75, 3.05) is 5.32 Å². The van der Waals surface area contributed by atoms with Gasteiger partial charge in [0.15, 0.2) is 0 Å². The fourth-order valence-corrected chi connectivity index (χ4v) is 1.69. The third-order valence-corrected chi connectivity index (χ3v) is 2.82. The van der Waals surface area contributed by atoms with E-state index in [4.69, 9.17) is 11.6 Å². The number of hydrogen-bond acceptors (Lipinski definition) is 2. The molecular formula is C13H12ClFN2. The molecular weight excluding hydrogens is 239 g/mol. The predicted octanol–water partition coefficient (Wildman–Crippen LogP) is 4.05. The van der Waals surface area contributed by atoms with E-state index >= 15 is 0 Å². The van der Waals surface area contributed by atoms with E-state index in [1.165, 1.54) is 6.07 Å². The monoisotopic (exact) mass is 250 g/mol. The second-order valence-corrected chi connectivity index (χ2v) is 4.18. The molecule has 0 spiro atoms. The second-order valence-electron chi connectivity index (χ2n) is 3.78. The van der Waals surface area contributed by atoms with Crippen LogP contribution in [0.4, 0.5) is 10.1 Å². The Labute approximate surface area is 104 Å². The Balaban J connectivity index is 2.13. The number of pyridine rings is 1. The molecule has 4 heteroatoms. The molecule has 0 saturated heterocycles. The fraction of sp³-hybridized carbons (Fsp3) is 0.154. The Hall–Kier alpha value is -1.61. The Morgan fingerprint density at radius 3 is 2.59 bits per heavy atom. The zero-order valence-electron chi connectivity index (χ0n) is 9.32. The molecule has 0 aliphatic rings. The Morgan fingerprint density at radius 2 is 1.94 bits per heavy atom. The molecule has 1 aromatic heterocycles. The number of hydrogen-bond donors (Lipinski definition) is 1. The molecule has 1 heterocycles. The normalized spacial score (nSPS) is 12.2. The van der Waals surface area contributed by atoms with Crippen molar-refractivity contribution >= 4 is 17.3 Å². The topological polar surface area (TPSA) is 24.9 Å². The van der Waals surface area contributed by atoms with Crippen molar-refractivity contribution in [3.8, 4) is 0 Å². The molecule has 1 N–H and O–H groups in total. The van der Waals surface area contributed by atoms with Gasteiger partial charge in [-0.25, -0.2) is 4.39 Å². The minimum atomic E-state index is -0.418. The smallest absolute Gasteiger partial charge is 0.143 e. The molecule has 0 radical (unpaired) electrons. The van der Waals surface area contributed by atoms with Crippen LogP contribution in [0.15, 0.2) is 42.7 Å². The fourth-order valence-electron chi connectivity index (χ4n) is 1.57. The van der Waals surface area contributed by atoms with Crippen LogP contribution in [0.3, 0.4) is 0 Å². The lowest BCUT2D eigenvalue weighted by atomic mass is 10.1. The Bertz CT molecular complexity index is 502. The van der Waals surface area contributed by atoms with Crippen LogP contribution in [0.5, 0.6) is 0 Å². The SMILES string of the molecule is CC(Nc1ccc(Cl)c(F)c1)c1ccncc1. The molecule has 1 aromatic carbocycles. The van der Waals surface area contributed by atoms with Crippen molar-refractivity contribution in [3.05, 3.63) is 59.1 Å². The first kappa shape index (κ1) is 11.9. The van der Waals surface area contributed by atoms with Gasteiger partial charge in [-0.1, -0.05) is 11.6 Å². The van der Waals surface area contributed by atoms with E-state index in [1.54, 1.807) is 24.5 Å². The van der Waals surface area contributed by atoms with Gasteiger partial charge in [0.2, 0.25) is 0 Å². The third-order valence-electron chi connectivity index (χ3n) is 2.51. The van der Waals surface area contributed by atoms with Crippen LogP contribution >= 0.6 is 11.6 Å². The number of nitrogens with zero attached hydrogens (tertiary/aromatic N) is 1. The highest BCUT2D eigenvalue weighted by Gasteiger charge is 2.06. The van der Waals surface area contributed by atoms with Crippen LogP contribution in [0.1, 0.15) is 18.5 Å². The van der Waals surface area contributed by atoms with Gasteiger partial charge in [-0.2, -0.15) is 0 Å². The number of nitrogens with one attached hydrogen (secondary N) is 1. The quantitative estimate of drug-likeness (QED) is 0.889.